The maximum Gasteiger partial charge on any atom is 0.339 e. The molecule has 0 radical (unpaired) electrons. The Kier molecular flexibility index (Phi) is 4.82. The maximum absolute atomic E-state index is 14.4. The molecule has 200 valence electrons. The molecule has 9 nitrogen and oxygen atoms in total. The van der Waals surface area contributed by atoms with Gasteiger partial charge < -0.3 is 23.4 Å². The molecule has 9 heteroatoms. The lowest BCUT2D eigenvalue weighted by molar-refractivity contribution is -0.234. The second-order valence-corrected chi connectivity index (χ2v) is 12.7. The van der Waals surface area contributed by atoms with Crippen LogP contribution in [0.15, 0.2) is 23.0 Å². The van der Waals surface area contributed by atoms with E-state index < -0.39 is 63.7 Å². The fourth-order valence-corrected chi connectivity index (χ4v) is 9.24. The number of epoxide rings is 1. The van der Waals surface area contributed by atoms with E-state index in [4.69, 9.17) is 23.4 Å². The number of carbonyl (C=O) groups excluding carboxylic acids is 4. The molecule has 1 aromatic rings. The highest BCUT2D eigenvalue weighted by molar-refractivity contribution is 5.93. The highest BCUT2D eigenvalue weighted by Gasteiger charge is 2.88. The Bertz CT molecular complexity index is 1200. The number of fused-ring (bicyclic) bond motifs is 3. The molecule has 9 atom stereocenters. The Labute approximate surface area is 215 Å². The van der Waals surface area contributed by atoms with E-state index in [-0.39, 0.29) is 30.5 Å². The zero-order chi connectivity index (χ0) is 26.8. The van der Waals surface area contributed by atoms with E-state index >= 15 is 0 Å². The SMILES string of the molecule is CC(=O)O[C@@H]1CC(=O)OC(C)(C)C2CC(=O)[C@]3(C)C(CC[C@@]4(C)[C@H](c5ccoc5)OC(=O)[C@H]5O[C@]543)[C@]21C. The fraction of sp³-hybridized carbons (Fsp3) is 0.714. The monoisotopic (exact) mass is 514 g/mol. The van der Waals surface area contributed by atoms with Crippen LogP contribution in [-0.2, 0) is 38.1 Å². The molecule has 2 unspecified atom stereocenters. The van der Waals surface area contributed by atoms with Gasteiger partial charge in [0.25, 0.3) is 0 Å². The van der Waals surface area contributed by atoms with Gasteiger partial charge in [0.05, 0.1) is 24.4 Å². The summed E-state index contributed by atoms with van der Waals surface area (Å²) in [5.74, 6) is -2.18. The van der Waals surface area contributed by atoms with Crippen LogP contribution in [0.3, 0.4) is 0 Å². The summed E-state index contributed by atoms with van der Waals surface area (Å²) in [6, 6.07) is 1.78. The number of ketones is 1. The minimum Gasteiger partial charge on any atom is -0.472 e. The van der Waals surface area contributed by atoms with Crippen LogP contribution >= 0.6 is 0 Å². The molecule has 37 heavy (non-hydrogen) atoms. The van der Waals surface area contributed by atoms with Gasteiger partial charge in [0.15, 0.2) is 6.10 Å². The zero-order valence-electron chi connectivity index (χ0n) is 22.1. The van der Waals surface area contributed by atoms with Gasteiger partial charge in [-0.25, -0.2) is 4.79 Å². The summed E-state index contributed by atoms with van der Waals surface area (Å²) in [7, 11) is 0. The number of hydrogen-bond acceptors (Lipinski definition) is 9. The zero-order valence-corrected chi connectivity index (χ0v) is 22.1. The summed E-state index contributed by atoms with van der Waals surface area (Å²) in [5, 5.41) is 0. The van der Waals surface area contributed by atoms with Crippen molar-refractivity contribution in [2.24, 2.45) is 28.1 Å². The Morgan fingerprint density at radius 3 is 2.41 bits per heavy atom. The number of carbonyl (C=O) groups is 4. The smallest absolute Gasteiger partial charge is 0.339 e. The number of cyclic esters (lactones) is 2. The molecule has 3 aliphatic heterocycles. The van der Waals surface area contributed by atoms with Crippen LogP contribution in [0.2, 0.25) is 0 Å². The molecule has 6 rings (SSSR count). The van der Waals surface area contributed by atoms with Crippen molar-refractivity contribution >= 4 is 23.7 Å². The number of esters is 3. The largest absolute Gasteiger partial charge is 0.472 e. The van der Waals surface area contributed by atoms with Gasteiger partial charge in [0, 0.05) is 35.7 Å². The second kappa shape index (κ2) is 7.24. The van der Waals surface area contributed by atoms with Crippen molar-refractivity contribution in [3.05, 3.63) is 24.2 Å². The average molecular weight is 515 g/mol. The lowest BCUT2D eigenvalue weighted by Gasteiger charge is -2.66. The van der Waals surface area contributed by atoms with Crippen molar-refractivity contribution in [1.82, 2.24) is 0 Å². The quantitative estimate of drug-likeness (QED) is 0.330. The third kappa shape index (κ3) is 2.79. The van der Waals surface area contributed by atoms with E-state index in [9.17, 15) is 19.2 Å². The van der Waals surface area contributed by atoms with E-state index in [0.717, 1.165) is 5.56 Å². The highest BCUT2D eigenvalue weighted by Crippen LogP contribution is 2.78. The van der Waals surface area contributed by atoms with E-state index in [0.29, 0.717) is 12.8 Å². The first-order valence-electron chi connectivity index (χ1n) is 13.1. The summed E-state index contributed by atoms with van der Waals surface area (Å²) in [5.41, 5.74) is -3.88. The van der Waals surface area contributed by atoms with Gasteiger partial charge in [-0.1, -0.05) is 13.8 Å². The van der Waals surface area contributed by atoms with E-state index in [1.54, 1.807) is 12.3 Å². The van der Waals surface area contributed by atoms with Gasteiger partial charge in [-0.15, -0.1) is 0 Å². The number of hydrogen-bond donors (Lipinski definition) is 0. The Morgan fingerprint density at radius 2 is 1.76 bits per heavy atom. The van der Waals surface area contributed by atoms with Crippen LogP contribution in [0.4, 0.5) is 0 Å². The summed E-state index contributed by atoms with van der Waals surface area (Å²) in [6.45, 7) is 11.0. The molecule has 0 N–H and O–H groups in total. The topological polar surface area (TPSA) is 122 Å². The van der Waals surface area contributed by atoms with Crippen LogP contribution in [0.5, 0.6) is 0 Å². The summed E-state index contributed by atoms with van der Waals surface area (Å²) in [4.78, 5) is 52.7. The van der Waals surface area contributed by atoms with Gasteiger partial charge in [0.1, 0.15) is 29.2 Å². The summed E-state index contributed by atoms with van der Waals surface area (Å²) < 4.78 is 29.3. The summed E-state index contributed by atoms with van der Waals surface area (Å²) >= 11 is 0. The highest BCUT2D eigenvalue weighted by atomic mass is 16.7. The van der Waals surface area contributed by atoms with Crippen molar-refractivity contribution < 1.29 is 42.5 Å². The maximum atomic E-state index is 14.4. The molecule has 0 bridgehead atoms. The van der Waals surface area contributed by atoms with E-state index in [1.165, 1.54) is 13.2 Å². The van der Waals surface area contributed by atoms with Crippen molar-refractivity contribution in [2.45, 2.75) is 96.7 Å². The molecule has 0 aromatic carbocycles. The van der Waals surface area contributed by atoms with Crippen LogP contribution in [0.1, 0.15) is 78.9 Å². The average Bonchev–Trinajstić information content (AvgIpc) is 3.38. The third-order valence-corrected chi connectivity index (χ3v) is 10.8. The Balaban J connectivity index is 1.54. The summed E-state index contributed by atoms with van der Waals surface area (Å²) in [6.07, 6.45) is 2.06. The molecule has 4 heterocycles. The first kappa shape index (κ1) is 24.6. The Hall–Kier alpha value is -2.68. The first-order valence-corrected chi connectivity index (χ1v) is 13.1. The standard InChI is InChI=1S/C28H34O9/c1-14(29)34-19-12-20(31)36-24(2,3)17-11-18(30)27(6)16(26(17,19)5)7-9-25(4)21(15-8-10-33-13-15)35-23(32)22-28(25,27)37-22/h8,10,13,16-17,19,21-22H,7,9,11-12H2,1-6H3/t16?,17?,19-,21+,22-,25+,26-,27+,28-/m1/s1. The lowest BCUT2D eigenvalue weighted by Crippen LogP contribution is -2.72. The van der Waals surface area contributed by atoms with E-state index in [1.807, 2.05) is 34.6 Å². The van der Waals surface area contributed by atoms with Crippen molar-refractivity contribution in [3.63, 3.8) is 0 Å². The van der Waals surface area contributed by atoms with Gasteiger partial charge in [-0.3, -0.25) is 14.4 Å². The van der Waals surface area contributed by atoms with Crippen molar-refractivity contribution in [3.8, 4) is 0 Å². The van der Waals surface area contributed by atoms with E-state index in [2.05, 4.69) is 0 Å². The van der Waals surface area contributed by atoms with Crippen molar-refractivity contribution in [1.29, 1.82) is 0 Å². The molecular formula is C28H34O9. The third-order valence-electron chi connectivity index (χ3n) is 10.8. The second-order valence-electron chi connectivity index (χ2n) is 12.7. The Morgan fingerprint density at radius 1 is 1.03 bits per heavy atom. The van der Waals surface area contributed by atoms with Gasteiger partial charge in [-0.05, 0) is 45.6 Å². The predicted octanol–water partition coefficient (Wildman–Crippen LogP) is 3.69. The molecular weight excluding hydrogens is 480 g/mol. The number of ether oxygens (including phenoxy) is 4. The number of furan rings is 1. The molecule has 1 spiro atoms. The lowest BCUT2D eigenvalue weighted by atomic mass is 9.37. The molecule has 3 saturated heterocycles. The molecule has 0 amide bonds. The first-order chi connectivity index (χ1) is 17.2. The minimum absolute atomic E-state index is 0.0263. The van der Waals surface area contributed by atoms with Crippen molar-refractivity contribution in [2.75, 3.05) is 0 Å². The van der Waals surface area contributed by atoms with Gasteiger partial charge >= 0.3 is 17.9 Å². The van der Waals surface area contributed by atoms with Gasteiger partial charge in [0.2, 0.25) is 0 Å². The molecule has 5 fully saturated rings. The van der Waals surface area contributed by atoms with Crippen LogP contribution in [-0.4, -0.2) is 47.1 Å². The fourth-order valence-electron chi connectivity index (χ4n) is 9.24. The molecule has 2 aliphatic carbocycles. The van der Waals surface area contributed by atoms with Crippen LogP contribution in [0.25, 0.3) is 0 Å². The van der Waals surface area contributed by atoms with Gasteiger partial charge in [-0.2, -0.15) is 0 Å². The molecule has 2 saturated carbocycles. The molecule has 1 aromatic heterocycles. The number of rotatable bonds is 2. The number of Topliss-reactive ketones (excluding diaryl/α,β-unsaturated/α-hetero) is 1. The molecule has 5 aliphatic rings. The predicted molar refractivity (Wildman–Crippen MR) is 126 cm³/mol. The van der Waals surface area contributed by atoms with Crippen LogP contribution < -0.4 is 0 Å². The van der Waals surface area contributed by atoms with Crippen LogP contribution in [0, 0.1) is 28.1 Å². The normalized spacial score (nSPS) is 47.7. The minimum atomic E-state index is -1.09.